The third-order valence-corrected chi connectivity index (χ3v) is 1.45. The maximum atomic E-state index is 12.3. The van der Waals surface area contributed by atoms with Gasteiger partial charge in [0.05, 0.1) is 10.2 Å². The van der Waals surface area contributed by atoms with E-state index >= 15 is 0 Å². The molecule has 0 fully saturated rings. The van der Waals surface area contributed by atoms with E-state index in [4.69, 9.17) is 0 Å². The molecule has 0 aliphatic rings. The number of H-pyrrole nitrogens is 1. The van der Waals surface area contributed by atoms with Crippen LogP contribution < -0.4 is 0 Å². The van der Waals surface area contributed by atoms with E-state index in [0.29, 0.717) is 6.29 Å². The van der Waals surface area contributed by atoms with Gasteiger partial charge in [0.1, 0.15) is 0 Å². The van der Waals surface area contributed by atoms with E-state index in [-0.39, 0.29) is 10.2 Å². The minimum atomic E-state index is -0.517. The van der Waals surface area contributed by atoms with Gasteiger partial charge in [0, 0.05) is 0 Å². The van der Waals surface area contributed by atoms with Crippen molar-refractivity contribution in [3.8, 4) is 0 Å². The van der Waals surface area contributed by atoms with Crippen molar-refractivity contribution in [3.63, 3.8) is 0 Å². The molecule has 1 heterocycles. The summed E-state index contributed by atoms with van der Waals surface area (Å²) in [4.78, 5) is 12.2. The normalized spacial score (nSPS) is 9.56. The average Bonchev–Trinajstić information content (AvgIpc) is 2.13. The predicted octanol–water partition coefficient (Wildman–Crippen LogP) is 1.73. The Morgan fingerprint density at radius 2 is 2.44 bits per heavy atom. The number of aromatic amines is 1. The van der Waals surface area contributed by atoms with Gasteiger partial charge in [-0.3, -0.25) is 4.79 Å². The molecule has 0 saturated carbocycles. The van der Waals surface area contributed by atoms with Gasteiger partial charge >= 0.3 is 0 Å². The Hall–Kier alpha value is -0.640. The number of hydrogen-bond acceptors (Lipinski definition) is 1. The Morgan fingerprint density at radius 1 is 1.78 bits per heavy atom. The summed E-state index contributed by atoms with van der Waals surface area (Å²) in [5.74, 6) is -0.517. The number of halogens is 2. The monoisotopic (exact) mass is 191 g/mol. The molecule has 0 amide bonds. The van der Waals surface area contributed by atoms with Gasteiger partial charge in [-0.25, -0.2) is 0 Å². The molecule has 1 N–H and O–H groups in total. The van der Waals surface area contributed by atoms with Crippen LogP contribution in [0.4, 0.5) is 4.39 Å². The molecular formula is C5H3BrFNO. The number of carbonyl (C=O) groups excluding carboxylic acids is 1. The summed E-state index contributed by atoms with van der Waals surface area (Å²) in [7, 11) is 0. The number of nitrogens with one attached hydrogen (secondary N) is 1. The molecular weight excluding hydrogens is 189 g/mol. The van der Waals surface area contributed by atoms with Gasteiger partial charge < -0.3 is 4.98 Å². The lowest BCUT2D eigenvalue weighted by Crippen LogP contribution is -1.76. The van der Waals surface area contributed by atoms with Gasteiger partial charge in [0.2, 0.25) is 5.95 Å². The second-order valence-electron chi connectivity index (χ2n) is 1.50. The molecule has 1 aromatic rings. The quantitative estimate of drug-likeness (QED) is 0.675. The van der Waals surface area contributed by atoms with Crippen LogP contribution in [-0.4, -0.2) is 11.3 Å². The van der Waals surface area contributed by atoms with Crippen LogP contribution in [0.3, 0.4) is 0 Å². The van der Waals surface area contributed by atoms with Crippen LogP contribution >= 0.6 is 15.9 Å². The highest BCUT2D eigenvalue weighted by Gasteiger charge is 2.01. The molecule has 0 radical (unpaired) electrons. The molecule has 0 atom stereocenters. The van der Waals surface area contributed by atoms with Crippen LogP contribution in [0.2, 0.25) is 0 Å². The number of carbonyl (C=O) groups is 1. The van der Waals surface area contributed by atoms with E-state index in [9.17, 15) is 9.18 Å². The summed E-state index contributed by atoms with van der Waals surface area (Å²) in [5, 5.41) is 0. The smallest absolute Gasteiger partial charge is 0.205 e. The fraction of sp³-hybridized carbons (Fsp3) is 0. The summed E-state index contributed by atoms with van der Waals surface area (Å²) in [6, 6.07) is 1.38. The van der Waals surface area contributed by atoms with E-state index in [0.717, 1.165) is 0 Å². The van der Waals surface area contributed by atoms with Gasteiger partial charge in [-0.1, -0.05) is 0 Å². The fourth-order valence-corrected chi connectivity index (χ4v) is 0.832. The first-order valence-electron chi connectivity index (χ1n) is 2.23. The van der Waals surface area contributed by atoms with Crippen molar-refractivity contribution < 1.29 is 9.18 Å². The highest BCUT2D eigenvalue weighted by Crippen LogP contribution is 2.14. The van der Waals surface area contributed by atoms with E-state index in [1.165, 1.54) is 6.07 Å². The molecule has 0 unspecified atom stereocenters. The van der Waals surface area contributed by atoms with Crippen molar-refractivity contribution in [1.29, 1.82) is 0 Å². The average molecular weight is 192 g/mol. The zero-order valence-corrected chi connectivity index (χ0v) is 5.90. The number of aromatic nitrogens is 1. The SMILES string of the molecule is O=Cc1cc(Br)c(F)[nH]1. The topological polar surface area (TPSA) is 32.9 Å². The Morgan fingerprint density at radius 3 is 2.67 bits per heavy atom. The second-order valence-corrected chi connectivity index (χ2v) is 2.36. The Balaban J connectivity index is 3.11. The minimum absolute atomic E-state index is 0.236. The first kappa shape index (κ1) is 6.48. The highest BCUT2D eigenvalue weighted by molar-refractivity contribution is 9.10. The molecule has 1 rings (SSSR count). The van der Waals surface area contributed by atoms with Crippen molar-refractivity contribution in [3.05, 3.63) is 22.2 Å². The largest absolute Gasteiger partial charge is 0.328 e. The minimum Gasteiger partial charge on any atom is -0.328 e. The van der Waals surface area contributed by atoms with Gasteiger partial charge in [0.25, 0.3) is 0 Å². The van der Waals surface area contributed by atoms with Gasteiger partial charge in [0.15, 0.2) is 6.29 Å². The molecule has 2 nitrogen and oxygen atoms in total. The maximum Gasteiger partial charge on any atom is 0.205 e. The van der Waals surface area contributed by atoms with E-state index in [1.807, 2.05) is 0 Å². The molecule has 1 aromatic heterocycles. The molecule has 0 bridgehead atoms. The molecule has 0 aliphatic carbocycles. The summed E-state index contributed by atoms with van der Waals surface area (Å²) in [6.45, 7) is 0. The lowest BCUT2D eigenvalue weighted by atomic mass is 10.5. The van der Waals surface area contributed by atoms with Gasteiger partial charge in [-0.05, 0) is 22.0 Å². The summed E-state index contributed by atoms with van der Waals surface area (Å²) < 4.78 is 12.5. The summed E-state index contributed by atoms with van der Waals surface area (Å²) >= 11 is 2.89. The van der Waals surface area contributed by atoms with Crippen LogP contribution in [-0.2, 0) is 0 Å². The van der Waals surface area contributed by atoms with Crippen LogP contribution in [0.1, 0.15) is 10.5 Å². The van der Waals surface area contributed by atoms with Gasteiger partial charge in [-0.2, -0.15) is 4.39 Å². The molecule has 0 aromatic carbocycles. The highest BCUT2D eigenvalue weighted by atomic mass is 79.9. The number of hydrogen-bond donors (Lipinski definition) is 1. The molecule has 9 heavy (non-hydrogen) atoms. The predicted molar refractivity (Wildman–Crippen MR) is 33.8 cm³/mol. The van der Waals surface area contributed by atoms with Crippen LogP contribution in [0, 0.1) is 5.95 Å². The van der Waals surface area contributed by atoms with E-state index < -0.39 is 5.95 Å². The third-order valence-electron chi connectivity index (χ3n) is 0.873. The second kappa shape index (κ2) is 2.31. The Kier molecular flexibility index (Phi) is 1.66. The lowest BCUT2D eigenvalue weighted by molar-refractivity contribution is 0.111. The van der Waals surface area contributed by atoms with Crippen LogP contribution in [0.5, 0.6) is 0 Å². The van der Waals surface area contributed by atoms with Crippen LogP contribution in [0.25, 0.3) is 0 Å². The number of aldehydes is 1. The number of rotatable bonds is 1. The zero-order chi connectivity index (χ0) is 6.85. The van der Waals surface area contributed by atoms with Crippen molar-refractivity contribution in [1.82, 2.24) is 4.98 Å². The molecule has 0 aliphatic heterocycles. The molecule has 4 heteroatoms. The third kappa shape index (κ3) is 1.18. The first-order valence-corrected chi connectivity index (χ1v) is 3.02. The van der Waals surface area contributed by atoms with Crippen molar-refractivity contribution in [2.75, 3.05) is 0 Å². The van der Waals surface area contributed by atoms with Gasteiger partial charge in [-0.15, -0.1) is 0 Å². The fourth-order valence-electron chi connectivity index (χ4n) is 0.486. The summed E-state index contributed by atoms with van der Waals surface area (Å²) in [6.07, 6.45) is 0.549. The van der Waals surface area contributed by atoms with Crippen molar-refractivity contribution >= 4 is 22.2 Å². The van der Waals surface area contributed by atoms with Crippen molar-refractivity contribution in [2.45, 2.75) is 0 Å². The molecule has 0 saturated heterocycles. The Labute approximate surface area is 59.2 Å². The molecule has 48 valence electrons. The summed E-state index contributed by atoms with van der Waals surface area (Å²) in [5.41, 5.74) is 0.236. The Bertz CT molecular complexity index is 213. The van der Waals surface area contributed by atoms with Crippen LogP contribution in [0.15, 0.2) is 10.5 Å². The zero-order valence-electron chi connectivity index (χ0n) is 4.32. The first-order chi connectivity index (χ1) is 4.24. The van der Waals surface area contributed by atoms with E-state index in [1.54, 1.807) is 0 Å². The standard InChI is InChI=1S/C5H3BrFNO/c6-4-1-3(2-9)8-5(4)7/h1-2,8H. The van der Waals surface area contributed by atoms with Crippen molar-refractivity contribution in [2.24, 2.45) is 0 Å². The lowest BCUT2D eigenvalue weighted by Gasteiger charge is -1.75. The van der Waals surface area contributed by atoms with E-state index in [2.05, 4.69) is 20.9 Å². The maximum absolute atomic E-state index is 12.3. The molecule has 0 spiro atoms.